The number of halogens is 1. The molecule has 32 heavy (non-hydrogen) atoms. The average Bonchev–Trinajstić information content (AvgIpc) is 3.24. The normalized spacial score (nSPS) is 11.9. The summed E-state index contributed by atoms with van der Waals surface area (Å²) in [6.07, 6.45) is 1.36. The van der Waals surface area contributed by atoms with Crippen LogP contribution in [0.3, 0.4) is 0 Å². The van der Waals surface area contributed by atoms with Gasteiger partial charge in [-0.25, -0.2) is 9.37 Å². The number of ether oxygens (including phenoxy) is 2. The molecule has 0 aliphatic heterocycles. The van der Waals surface area contributed by atoms with Crippen LogP contribution in [0.2, 0.25) is 0 Å². The molecule has 164 valence electrons. The monoisotopic (exact) mass is 453 g/mol. The lowest BCUT2D eigenvalue weighted by atomic mass is 10.1. The number of nitrogens with one attached hydrogen (secondary N) is 1. The van der Waals surface area contributed by atoms with Crippen LogP contribution in [0.4, 0.5) is 10.1 Å². The van der Waals surface area contributed by atoms with Crippen molar-refractivity contribution in [3.8, 4) is 22.6 Å². The minimum absolute atomic E-state index is 0.351. The number of methoxy groups -OCH3 is 2. The first kappa shape index (κ1) is 21.5. The van der Waals surface area contributed by atoms with Crippen molar-refractivity contribution in [2.75, 3.05) is 19.5 Å². The Kier molecular flexibility index (Phi) is 5.91. The Morgan fingerprint density at radius 2 is 1.91 bits per heavy atom. The summed E-state index contributed by atoms with van der Waals surface area (Å²) in [6.45, 7) is 1.61. The van der Waals surface area contributed by atoms with Gasteiger partial charge in [-0.1, -0.05) is 12.1 Å². The molecular formula is C23H20FN3O4S. The fraction of sp³-hybridized carbons (Fsp3) is 0.174. The molecule has 0 aliphatic rings. The molecule has 1 unspecified atom stereocenters. The molecule has 2 heterocycles. The Morgan fingerprint density at radius 1 is 1.16 bits per heavy atom. The van der Waals surface area contributed by atoms with Crippen LogP contribution in [-0.2, 0) is 4.79 Å². The van der Waals surface area contributed by atoms with Crippen LogP contribution < -0.4 is 20.3 Å². The summed E-state index contributed by atoms with van der Waals surface area (Å²) < 4.78 is 25.1. The van der Waals surface area contributed by atoms with Crippen LogP contribution in [0.15, 0.2) is 59.0 Å². The first-order chi connectivity index (χ1) is 15.4. The molecule has 0 aliphatic carbocycles. The lowest BCUT2D eigenvalue weighted by Crippen LogP contribution is -2.31. The average molecular weight is 453 g/mol. The lowest BCUT2D eigenvalue weighted by molar-refractivity contribution is -0.118. The van der Waals surface area contributed by atoms with Crippen LogP contribution in [0.1, 0.15) is 13.0 Å². The third-order valence-electron chi connectivity index (χ3n) is 5.14. The van der Waals surface area contributed by atoms with E-state index in [1.54, 1.807) is 37.3 Å². The van der Waals surface area contributed by atoms with E-state index in [9.17, 15) is 14.0 Å². The van der Waals surface area contributed by atoms with Crippen LogP contribution in [0.5, 0.6) is 11.5 Å². The van der Waals surface area contributed by atoms with Crippen molar-refractivity contribution in [1.29, 1.82) is 0 Å². The van der Waals surface area contributed by atoms with Crippen molar-refractivity contribution in [3.63, 3.8) is 0 Å². The molecule has 4 aromatic rings. The van der Waals surface area contributed by atoms with Crippen molar-refractivity contribution in [2.45, 2.75) is 13.0 Å². The van der Waals surface area contributed by atoms with E-state index in [1.165, 1.54) is 48.6 Å². The lowest BCUT2D eigenvalue weighted by Gasteiger charge is -2.17. The SMILES string of the molecule is COc1ccc(OC)c(NC(=O)C(C)n2cnc3scc(-c4ccc(F)cc4)c3c2=O)c1. The summed E-state index contributed by atoms with van der Waals surface area (Å²) in [5.74, 6) is 0.236. The number of carbonyl (C=O) groups is 1. The van der Waals surface area contributed by atoms with E-state index in [0.717, 1.165) is 0 Å². The molecular weight excluding hydrogens is 433 g/mol. The highest BCUT2D eigenvalue weighted by Gasteiger charge is 2.21. The summed E-state index contributed by atoms with van der Waals surface area (Å²) >= 11 is 1.32. The first-order valence-electron chi connectivity index (χ1n) is 9.70. The van der Waals surface area contributed by atoms with Crippen LogP contribution in [0.25, 0.3) is 21.3 Å². The highest BCUT2D eigenvalue weighted by Crippen LogP contribution is 2.32. The Morgan fingerprint density at radius 3 is 2.59 bits per heavy atom. The Bertz CT molecular complexity index is 1350. The molecule has 1 N–H and O–H groups in total. The van der Waals surface area contributed by atoms with Crippen molar-refractivity contribution in [1.82, 2.24) is 9.55 Å². The Hall–Kier alpha value is -3.72. The smallest absolute Gasteiger partial charge is 0.263 e. The number of anilines is 1. The number of benzene rings is 2. The number of aromatic nitrogens is 2. The number of amides is 1. The number of nitrogens with zero attached hydrogens (tertiary/aromatic N) is 2. The van der Waals surface area contributed by atoms with Gasteiger partial charge < -0.3 is 14.8 Å². The van der Waals surface area contributed by atoms with Crippen LogP contribution >= 0.6 is 11.3 Å². The molecule has 0 fully saturated rings. The quantitative estimate of drug-likeness (QED) is 0.465. The maximum absolute atomic E-state index is 13.3. The second-order valence-corrected chi connectivity index (χ2v) is 7.88. The van der Waals surface area contributed by atoms with Crippen molar-refractivity contribution in [2.24, 2.45) is 0 Å². The maximum Gasteiger partial charge on any atom is 0.263 e. The van der Waals surface area contributed by atoms with Gasteiger partial charge >= 0.3 is 0 Å². The standard InChI is InChI=1S/C23H20FN3O4S/c1-13(21(28)26-18-10-16(30-2)8-9-19(18)31-3)27-12-25-22-20(23(27)29)17(11-32-22)14-4-6-15(24)7-5-14/h4-13H,1-3H3,(H,26,28). The molecule has 4 rings (SSSR count). The molecule has 0 radical (unpaired) electrons. The molecule has 2 aromatic heterocycles. The zero-order chi connectivity index (χ0) is 22.8. The van der Waals surface area contributed by atoms with Crippen LogP contribution in [-0.4, -0.2) is 29.7 Å². The maximum atomic E-state index is 13.3. The second kappa shape index (κ2) is 8.80. The van der Waals surface area contributed by atoms with E-state index >= 15 is 0 Å². The minimum Gasteiger partial charge on any atom is -0.497 e. The summed E-state index contributed by atoms with van der Waals surface area (Å²) in [5.41, 5.74) is 1.43. The van der Waals surface area contributed by atoms with Gasteiger partial charge in [-0.15, -0.1) is 11.3 Å². The van der Waals surface area contributed by atoms with Crippen molar-refractivity contribution in [3.05, 3.63) is 70.3 Å². The number of hydrogen-bond donors (Lipinski definition) is 1. The van der Waals surface area contributed by atoms with E-state index in [1.807, 2.05) is 5.38 Å². The Labute approximate surface area is 187 Å². The predicted octanol–water partition coefficient (Wildman–Crippen LogP) is 4.48. The molecule has 0 saturated carbocycles. The van der Waals surface area contributed by atoms with Gasteiger partial charge in [-0.3, -0.25) is 14.2 Å². The molecule has 1 amide bonds. The molecule has 7 nitrogen and oxygen atoms in total. The number of thiophene rings is 1. The molecule has 0 saturated heterocycles. The van der Waals surface area contributed by atoms with Gasteiger partial charge in [0.15, 0.2) is 0 Å². The summed E-state index contributed by atoms with van der Waals surface area (Å²) in [4.78, 5) is 31.2. The van der Waals surface area contributed by atoms with Gasteiger partial charge in [0.05, 0.1) is 31.6 Å². The van der Waals surface area contributed by atoms with E-state index in [4.69, 9.17) is 9.47 Å². The molecule has 2 aromatic carbocycles. The van der Waals surface area contributed by atoms with Gasteiger partial charge in [-0.05, 0) is 36.8 Å². The summed E-state index contributed by atoms with van der Waals surface area (Å²) in [6, 6.07) is 10.1. The van der Waals surface area contributed by atoms with Crippen molar-refractivity contribution >= 4 is 33.1 Å². The number of carbonyl (C=O) groups excluding carboxylic acids is 1. The van der Waals surface area contributed by atoms with Gasteiger partial charge in [-0.2, -0.15) is 0 Å². The van der Waals surface area contributed by atoms with Gasteiger partial charge in [0.25, 0.3) is 5.56 Å². The van der Waals surface area contributed by atoms with E-state index in [0.29, 0.717) is 38.5 Å². The molecule has 0 bridgehead atoms. The number of rotatable bonds is 6. The zero-order valence-electron chi connectivity index (χ0n) is 17.6. The first-order valence-corrected chi connectivity index (χ1v) is 10.6. The minimum atomic E-state index is -0.851. The van der Waals surface area contributed by atoms with E-state index in [2.05, 4.69) is 10.3 Å². The summed E-state index contributed by atoms with van der Waals surface area (Å²) in [5, 5.41) is 4.98. The fourth-order valence-corrected chi connectivity index (χ4v) is 4.25. The van der Waals surface area contributed by atoms with E-state index in [-0.39, 0.29) is 11.4 Å². The summed E-state index contributed by atoms with van der Waals surface area (Å²) in [7, 11) is 3.02. The highest BCUT2D eigenvalue weighted by molar-refractivity contribution is 7.17. The Balaban J connectivity index is 1.70. The van der Waals surface area contributed by atoms with E-state index < -0.39 is 11.9 Å². The number of hydrogen-bond acceptors (Lipinski definition) is 6. The third kappa shape index (κ3) is 3.94. The molecule has 9 heteroatoms. The van der Waals surface area contributed by atoms with Crippen LogP contribution in [0, 0.1) is 5.82 Å². The third-order valence-corrected chi connectivity index (χ3v) is 6.02. The number of fused-ring (bicyclic) bond motifs is 1. The zero-order valence-corrected chi connectivity index (χ0v) is 18.4. The van der Waals surface area contributed by atoms with Gasteiger partial charge in [0.1, 0.15) is 28.2 Å². The molecule has 1 atom stereocenters. The largest absolute Gasteiger partial charge is 0.497 e. The van der Waals surface area contributed by atoms with Crippen molar-refractivity contribution < 1.29 is 18.7 Å². The molecule has 0 spiro atoms. The van der Waals surface area contributed by atoms with Gasteiger partial charge in [0, 0.05) is 17.0 Å². The fourth-order valence-electron chi connectivity index (χ4n) is 3.34. The second-order valence-electron chi connectivity index (χ2n) is 7.02. The highest BCUT2D eigenvalue weighted by atomic mass is 32.1. The topological polar surface area (TPSA) is 82.4 Å². The predicted molar refractivity (Wildman–Crippen MR) is 122 cm³/mol. The van der Waals surface area contributed by atoms with Gasteiger partial charge in [0.2, 0.25) is 5.91 Å².